The highest BCUT2D eigenvalue weighted by Crippen LogP contribution is 2.32. The maximum absolute atomic E-state index is 13.0. The van der Waals surface area contributed by atoms with Crippen LogP contribution in [0.2, 0.25) is 0 Å². The molecule has 20 heavy (non-hydrogen) atoms. The average molecular weight is 398 g/mol. The van der Waals surface area contributed by atoms with Gasteiger partial charge in [-0.2, -0.15) is 0 Å². The van der Waals surface area contributed by atoms with E-state index in [-0.39, 0.29) is 5.82 Å². The van der Waals surface area contributed by atoms with E-state index in [1.54, 1.807) is 12.1 Å². The lowest BCUT2D eigenvalue weighted by atomic mass is 10.2. The van der Waals surface area contributed by atoms with E-state index in [9.17, 15) is 4.39 Å². The zero-order valence-corrected chi connectivity index (χ0v) is 13.9. The van der Waals surface area contributed by atoms with Gasteiger partial charge in [-0.15, -0.1) is 0 Å². The Bertz CT molecular complexity index is 779. The monoisotopic (exact) mass is 396 g/mol. The Hall–Kier alpha value is -1.20. The number of halogens is 3. The molecule has 0 saturated heterocycles. The van der Waals surface area contributed by atoms with Gasteiger partial charge in [0.2, 0.25) is 0 Å². The van der Waals surface area contributed by atoms with E-state index in [1.165, 1.54) is 12.1 Å². The largest absolute Gasteiger partial charge is 0.338 e. The van der Waals surface area contributed by atoms with Crippen LogP contribution in [-0.4, -0.2) is 9.55 Å². The van der Waals surface area contributed by atoms with Gasteiger partial charge < -0.3 is 4.57 Å². The van der Waals surface area contributed by atoms with Gasteiger partial charge in [0, 0.05) is 22.1 Å². The first-order valence-corrected chi connectivity index (χ1v) is 7.69. The number of fused-ring (bicyclic) bond motifs is 1. The molecule has 0 amide bonds. The van der Waals surface area contributed by atoms with Crippen molar-refractivity contribution in [1.29, 1.82) is 0 Å². The van der Waals surface area contributed by atoms with E-state index in [4.69, 9.17) is 0 Å². The van der Waals surface area contributed by atoms with E-state index in [1.807, 2.05) is 12.3 Å². The molecule has 3 rings (SSSR count). The summed E-state index contributed by atoms with van der Waals surface area (Å²) in [4.78, 5) is 4.29. The number of aromatic nitrogens is 2. The first-order valence-electron chi connectivity index (χ1n) is 6.10. The number of nitrogens with zero attached hydrogens (tertiary/aromatic N) is 2. The third-order valence-electron chi connectivity index (χ3n) is 3.35. The number of rotatable bonds is 2. The first kappa shape index (κ1) is 13.8. The van der Waals surface area contributed by atoms with E-state index in [0.717, 1.165) is 31.2 Å². The number of pyridine rings is 1. The van der Waals surface area contributed by atoms with Gasteiger partial charge in [0.1, 0.15) is 10.4 Å². The van der Waals surface area contributed by atoms with Gasteiger partial charge in [0.05, 0.1) is 11.7 Å². The van der Waals surface area contributed by atoms with Gasteiger partial charge in [-0.05, 0) is 62.5 Å². The van der Waals surface area contributed by atoms with E-state index >= 15 is 0 Å². The van der Waals surface area contributed by atoms with Crippen LogP contribution in [0.3, 0.4) is 0 Å². The van der Waals surface area contributed by atoms with Crippen molar-refractivity contribution in [3.63, 3.8) is 0 Å². The van der Waals surface area contributed by atoms with Crippen LogP contribution in [0.25, 0.3) is 10.9 Å². The SMILES string of the molecule is Cc1c(Br)c2cc(Br)ncc2n1Cc1ccc(F)cc1. The van der Waals surface area contributed by atoms with Crippen LogP contribution in [-0.2, 0) is 6.54 Å². The van der Waals surface area contributed by atoms with Gasteiger partial charge >= 0.3 is 0 Å². The predicted octanol–water partition coefficient (Wildman–Crippen LogP) is 5.06. The summed E-state index contributed by atoms with van der Waals surface area (Å²) in [6, 6.07) is 8.58. The molecule has 2 nitrogen and oxygen atoms in total. The summed E-state index contributed by atoms with van der Waals surface area (Å²) in [6.07, 6.45) is 1.85. The zero-order chi connectivity index (χ0) is 14.3. The molecule has 2 aromatic heterocycles. The highest BCUT2D eigenvalue weighted by atomic mass is 79.9. The molecule has 0 saturated carbocycles. The minimum Gasteiger partial charge on any atom is -0.338 e. The van der Waals surface area contributed by atoms with Crippen molar-refractivity contribution in [1.82, 2.24) is 9.55 Å². The van der Waals surface area contributed by atoms with Crippen LogP contribution in [0.5, 0.6) is 0 Å². The summed E-state index contributed by atoms with van der Waals surface area (Å²) in [5, 5.41) is 1.12. The van der Waals surface area contributed by atoms with Crippen LogP contribution in [0.15, 0.2) is 45.6 Å². The first-order chi connectivity index (χ1) is 9.56. The third-order valence-corrected chi connectivity index (χ3v) is 4.79. The third kappa shape index (κ3) is 2.40. The Labute approximate surface area is 132 Å². The van der Waals surface area contributed by atoms with Crippen molar-refractivity contribution in [2.24, 2.45) is 0 Å². The predicted molar refractivity (Wildman–Crippen MR) is 85.4 cm³/mol. The lowest BCUT2D eigenvalue weighted by Gasteiger charge is -2.08. The minimum absolute atomic E-state index is 0.213. The van der Waals surface area contributed by atoms with Crippen LogP contribution in [0.1, 0.15) is 11.3 Å². The van der Waals surface area contributed by atoms with Crippen LogP contribution >= 0.6 is 31.9 Å². The molecule has 0 aliphatic carbocycles. The van der Waals surface area contributed by atoms with Crippen molar-refractivity contribution < 1.29 is 4.39 Å². The molecule has 0 unspecified atom stereocenters. The Kier molecular flexibility index (Phi) is 3.65. The van der Waals surface area contributed by atoms with E-state index in [2.05, 4.69) is 48.3 Å². The molecule has 0 spiro atoms. The highest BCUT2D eigenvalue weighted by Gasteiger charge is 2.13. The Morgan fingerprint density at radius 1 is 1.20 bits per heavy atom. The molecule has 0 aliphatic heterocycles. The zero-order valence-electron chi connectivity index (χ0n) is 10.7. The molecule has 3 aromatic rings. The molecule has 102 valence electrons. The number of hydrogen-bond donors (Lipinski definition) is 0. The summed E-state index contributed by atoms with van der Waals surface area (Å²) >= 11 is 7.02. The molecule has 0 fully saturated rings. The topological polar surface area (TPSA) is 17.8 Å². The standard InChI is InChI=1S/C15H11Br2FN2/c1-9-15(17)12-6-14(16)19-7-13(12)20(9)8-10-2-4-11(18)5-3-10/h2-7H,8H2,1H3. The fraction of sp³-hybridized carbons (Fsp3) is 0.133. The summed E-state index contributed by atoms with van der Waals surface area (Å²) in [6.45, 7) is 2.75. The van der Waals surface area contributed by atoms with Gasteiger partial charge in [0.25, 0.3) is 0 Å². The molecule has 0 radical (unpaired) electrons. The summed E-state index contributed by atoms with van der Waals surface area (Å²) in [5.41, 5.74) is 3.24. The van der Waals surface area contributed by atoms with Crippen LogP contribution < -0.4 is 0 Å². The number of benzene rings is 1. The molecule has 0 N–H and O–H groups in total. The Morgan fingerprint density at radius 3 is 2.60 bits per heavy atom. The molecular formula is C15H11Br2FN2. The molecule has 5 heteroatoms. The van der Waals surface area contributed by atoms with E-state index < -0.39 is 0 Å². The van der Waals surface area contributed by atoms with Crippen molar-refractivity contribution >= 4 is 42.8 Å². The van der Waals surface area contributed by atoms with Gasteiger partial charge in [-0.25, -0.2) is 9.37 Å². The summed E-state index contributed by atoms with van der Waals surface area (Å²) < 4.78 is 17.0. The minimum atomic E-state index is -0.213. The van der Waals surface area contributed by atoms with Crippen molar-refractivity contribution in [3.05, 3.63) is 62.7 Å². The molecular weight excluding hydrogens is 387 g/mol. The van der Waals surface area contributed by atoms with Crippen molar-refractivity contribution in [2.75, 3.05) is 0 Å². The van der Waals surface area contributed by atoms with Gasteiger partial charge in [-0.3, -0.25) is 0 Å². The Balaban J connectivity index is 2.11. The average Bonchev–Trinajstić information content (AvgIpc) is 2.66. The second kappa shape index (κ2) is 5.30. The normalized spacial score (nSPS) is 11.2. The van der Waals surface area contributed by atoms with Gasteiger partial charge in [0.15, 0.2) is 0 Å². The van der Waals surface area contributed by atoms with Crippen LogP contribution in [0.4, 0.5) is 4.39 Å². The van der Waals surface area contributed by atoms with E-state index in [0.29, 0.717) is 6.54 Å². The van der Waals surface area contributed by atoms with Crippen molar-refractivity contribution in [3.8, 4) is 0 Å². The Morgan fingerprint density at radius 2 is 1.90 bits per heavy atom. The fourth-order valence-electron chi connectivity index (χ4n) is 2.28. The molecule has 2 heterocycles. The molecule has 0 atom stereocenters. The summed E-state index contributed by atoms with van der Waals surface area (Å²) in [7, 11) is 0. The maximum Gasteiger partial charge on any atom is 0.123 e. The smallest absolute Gasteiger partial charge is 0.123 e. The van der Waals surface area contributed by atoms with Gasteiger partial charge in [-0.1, -0.05) is 12.1 Å². The molecule has 1 aromatic carbocycles. The van der Waals surface area contributed by atoms with Crippen molar-refractivity contribution in [2.45, 2.75) is 13.5 Å². The lowest BCUT2D eigenvalue weighted by Crippen LogP contribution is -2.01. The fourth-order valence-corrected chi connectivity index (χ4v) is 3.15. The second-order valence-electron chi connectivity index (χ2n) is 4.64. The maximum atomic E-state index is 13.0. The van der Waals surface area contributed by atoms with Crippen LogP contribution in [0, 0.1) is 12.7 Å². The lowest BCUT2D eigenvalue weighted by molar-refractivity contribution is 0.626. The molecule has 0 bridgehead atoms. The second-order valence-corrected chi connectivity index (χ2v) is 6.24. The molecule has 0 aliphatic rings. The summed E-state index contributed by atoms with van der Waals surface area (Å²) in [5.74, 6) is -0.213. The number of hydrogen-bond acceptors (Lipinski definition) is 1. The quantitative estimate of drug-likeness (QED) is 0.553. The highest BCUT2D eigenvalue weighted by molar-refractivity contribution is 9.11.